The molecule has 2 fully saturated rings. The molecule has 4 nitrogen and oxygen atoms in total. The average Bonchev–Trinajstić information content (AvgIpc) is 3.04. The highest BCUT2D eigenvalue weighted by atomic mass is 35.5. The fourth-order valence-corrected chi connectivity index (χ4v) is 3.51. The van der Waals surface area contributed by atoms with Gasteiger partial charge in [-0.25, -0.2) is 0 Å². The molecule has 1 saturated heterocycles. The van der Waals surface area contributed by atoms with Crippen LogP contribution in [-0.2, 0) is 9.31 Å². The van der Waals surface area contributed by atoms with E-state index in [1.165, 1.54) is 0 Å². The van der Waals surface area contributed by atoms with E-state index in [1.54, 1.807) is 6.21 Å². The molecule has 1 aliphatic carbocycles. The first-order valence-electron chi connectivity index (χ1n) is 7.53. The van der Waals surface area contributed by atoms with Crippen LogP contribution in [0.4, 0.5) is 0 Å². The standard InChI is InChI=1S/C15H20BClN2O2/c1-13(2)14(3,4)21-16(20-13)12-6-5-10-7-15(10)18-8-11(17)9-19(12)15/h6,8-10H,5,7H2,1-4H3. The molecule has 4 rings (SSSR count). The monoisotopic (exact) mass is 306 g/mol. The average molecular weight is 307 g/mol. The van der Waals surface area contributed by atoms with Crippen LogP contribution in [-0.4, -0.2) is 35.1 Å². The summed E-state index contributed by atoms with van der Waals surface area (Å²) in [5.74, 6) is 0.584. The number of allylic oxidation sites excluding steroid dienone is 2. The van der Waals surface area contributed by atoms with Gasteiger partial charge in [-0.15, -0.1) is 0 Å². The van der Waals surface area contributed by atoms with Crippen molar-refractivity contribution in [3.63, 3.8) is 0 Å². The van der Waals surface area contributed by atoms with Gasteiger partial charge in [0.05, 0.1) is 16.2 Å². The molecule has 0 bridgehead atoms. The summed E-state index contributed by atoms with van der Waals surface area (Å²) in [6.07, 6.45) is 8.05. The van der Waals surface area contributed by atoms with Gasteiger partial charge in [0, 0.05) is 23.9 Å². The van der Waals surface area contributed by atoms with Crippen LogP contribution in [0.15, 0.2) is 27.9 Å². The molecule has 0 amide bonds. The molecule has 4 aliphatic rings. The van der Waals surface area contributed by atoms with Crippen molar-refractivity contribution < 1.29 is 9.31 Å². The predicted octanol–water partition coefficient (Wildman–Crippen LogP) is 3.09. The number of hydrogen-bond donors (Lipinski definition) is 0. The van der Waals surface area contributed by atoms with Crippen molar-refractivity contribution in [1.82, 2.24) is 4.90 Å². The van der Waals surface area contributed by atoms with E-state index in [-0.39, 0.29) is 24.0 Å². The van der Waals surface area contributed by atoms with Crippen LogP contribution in [0.3, 0.4) is 0 Å². The maximum Gasteiger partial charge on any atom is 0.512 e. The quantitative estimate of drug-likeness (QED) is 0.698. The van der Waals surface area contributed by atoms with E-state index in [0.717, 1.165) is 18.4 Å². The van der Waals surface area contributed by atoms with E-state index in [0.29, 0.717) is 11.0 Å². The zero-order valence-electron chi connectivity index (χ0n) is 12.9. The molecule has 112 valence electrons. The number of aliphatic imine (C=N–C) groups is 1. The summed E-state index contributed by atoms with van der Waals surface area (Å²) >= 11 is 6.16. The lowest BCUT2D eigenvalue weighted by Gasteiger charge is -2.37. The van der Waals surface area contributed by atoms with Crippen LogP contribution in [0.1, 0.15) is 40.5 Å². The van der Waals surface area contributed by atoms with Crippen LogP contribution < -0.4 is 0 Å². The minimum atomic E-state index is -0.359. The molecule has 3 aliphatic heterocycles. The maximum atomic E-state index is 6.19. The topological polar surface area (TPSA) is 34.1 Å². The zero-order valence-corrected chi connectivity index (χ0v) is 13.6. The Hall–Kier alpha value is -0.775. The lowest BCUT2D eigenvalue weighted by atomic mass is 9.80. The summed E-state index contributed by atoms with van der Waals surface area (Å²) in [4.78, 5) is 6.85. The van der Waals surface area contributed by atoms with Crippen molar-refractivity contribution in [3.8, 4) is 0 Å². The van der Waals surface area contributed by atoms with Crippen LogP contribution >= 0.6 is 11.6 Å². The summed E-state index contributed by atoms with van der Waals surface area (Å²) < 4.78 is 12.4. The van der Waals surface area contributed by atoms with Gasteiger partial charge in [0.25, 0.3) is 0 Å². The van der Waals surface area contributed by atoms with Crippen LogP contribution in [0.2, 0.25) is 0 Å². The van der Waals surface area contributed by atoms with E-state index < -0.39 is 0 Å². The van der Waals surface area contributed by atoms with E-state index in [2.05, 4.69) is 43.7 Å². The molecule has 6 heteroatoms. The number of rotatable bonds is 1. The Kier molecular flexibility index (Phi) is 2.60. The first-order valence-corrected chi connectivity index (χ1v) is 7.91. The lowest BCUT2D eigenvalue weighted by molar-refractivity contribution is 0.00578. The number of nitrogens with zero attached hydrogens (tertiary/aromatic N) is 2. The van der Waals surface area contributed by atoms with Crippen molar-refractivity contribution >= 4 is 24.9 Å². The van der Waals surface area contributed by atoms with Gasteiger partial charge >= 0.3 is 7.12 Å². The molecule has 0 aromatic rings. The molecule has 0 aromatic heterocycles. The second-order valence-corrected chi connectivity index (χ2v) is 7.81. The van der Waals surface area contributed by atoms with Crippen LogP contribution in [0, 0.1) is 5.92 Å². The Labute approximate surface area is 131 Å². The third-order valence-electron chi connectivity index (χ3n) is 5.51. The Morgan fingerprint density at radius 1 is 1.29 bits per heavy atom. The van der Waals surface area contributed by atoms with Gasteiger partial charge in [-0.2, -0.15) is 0 Å². The predicted molar refractivity (Wildman–Crippen MR) is 83.9 cm³/mol. The van der Waals surface area contributed by atoms with Gasteiger partial charge < -0.3 is 14.2 Å². The Balaban J connectivity index is 1.68. The minimum absolute atomic E-state index is 0.133. The number of halogens is 1. The first-order chi connectivity index (χ1) is 9.75. The summed E-state index contributed by atoms with van der Waals surface area (Å²) in [6, 6.07) is 0. The molecule has 2 atom stereocenters. The molecule has 3 heterocycles. The number of hydrogen-bond acceptors (Lipinski definition) is 4. The van der Waals surface area contributed by atoms with Gasteiger partial charge in [-0.05, 0) is 40.5 Å². The Morgan fingerprint density at radius 2 is 1.95 bits per heavy atom. The van der Waals surface area contributed by atoms with Crippen molar-refractivity contribution in [3.05, 3.63) is 22.9 Å². The highest BCUT2D eigenvalue weighted by Gasteiger charge is 2.64. The van der Waals surface area contributed by atoms with Crippen LogP contribution in [0.5, 0.6) is 0 Å². The van der Waals surface area contributed by atoms with Gasteiger partial charge in [0.2, 0.25) is 0 Å². The van der Waals surface area contributed by atoms with Crippen LogP contribution in [0.25, 0.3) is 0 Å². The first kappa shape index (κ1) is 13.9. The second kappa shape index (κ2) is 3.95. The normalized spacial score (nSPS) is 38.6. The fraction of sp³-hybridized carbons (Fsp3) is 0.667. The van der Waals surface area contributed by atoms with Crippen molar-refractivity contribution in [1.29, 1.82) is 0 Å². The van der Waals surface area contributed by atoms with Crippen molar-refractivity contribution in [2.45, 2.75) is 57.4 Å². The largest absolute Gasteiger partial charge is 0.512 e. The molecule has 2 unspecified atom stereocenters. The molecule has 0 N–H and O–H groups in total. The van der Waals surface area contributed by atoms with Crippen molar-refractivity contribution in [2.24, 2.45) is 10.9 Å². The summed E-state index contributed by atoms with van der Waals surface area (Å²) in [5.41, 5.74) is 0.237. The molecule has 21 heavy (non-hydrogen) atoms. The molecule has 0 aromatic carbocycles. The molecular weight excluding hydrogens is 286 g/mol. The van der Waals surface area contributed by atoms with E-state index in [9.17, 15) is 0 Å². The maximum absolute atomic E-state index is 6.19. The van der Waals surface area contributed by atoms with Crippen molar-refractivity contribution in [2.75, 3.05) is 0 Å². The van der Waals surface area contributed by atoms with E-state index in [1.807, 2.05) is 6.20 Å². The van der Waals surface area contributed by atoms with Gasteiger partial charge in [0.15, 0.2) is 0 Å². The Morgan fingerprint density at radius 3 is 2.62 bits per heavy atom. The fourth-order valence-electron chi connectivity index (χ4n) is 3.37. The summed E-state index contributed by atoms with van der Waals surface area (Å²) in [7, 11) is -0.359. The third kappa shape index (κ3) is 1.80. The highest BCUT2D eigenvalue weighted by Crippen LogP contribution is 2.58. The third-order valence-corrected chi connectivity index (χ3v) is 5.70. The molecule has 1 spiro atoms. The zero-order chi connectivity index (χ0) is 15.0. The highest BCUT2D eigenvalue weighted by molar-refractivity contribution is 6.54. The van der Waals surface area contributed by atoms with Gasteiger partial charge in [-0.1, -0.05) is 17.7 Å². The summed E-state index contributed by atoms with van der Waals surface area (Å²) in [5, 5.41) is 0.649. The summed E-state index contributed by atoms with van der Waals surface area (Å²) in [6.45, 7) is 8.29. The molecule has 0 radical (unpaired) electrons. The van der Waals surface area contributed by atoms with Gasteiger partial charge in [0.1, 0.15) is 5.66 Å². The lowest BCUT2D eigenvalue weighted by Crippen LogP contribution is -2.43. The Bertz CT molecular complexity index is 582. The smallest absolute Gasteiger partial charge is 0.398 e. The van der Waals surface area contributed by atoms with E-state index >= 15 is 0 Å². The SMILES string of the molecule is CC1(C)OB(C2=CCC3CC34N=CC(Cl)=CN24)OC1(C)C. The second-order valence-electron chi connectivity index (χ2n) is 7.37. The molecular formula is C15H20BClN2O2. The van der Waals surface area contributed by atoms with E-state index in [4.69, 9.17) is 20.9 Å². The molecule has 1 saturated carbocycles. The van der Waals surface area contributed by atoms with Gasteiger partial charge in [-0.3, -0.25) is 4.99 Å². The minimum Gasteiger partial charge on any atom is -0.398 e.